The Morgan fingerprint density at radius 1 is 1.28 bits per heavy atom. The number of aromatic nitrogens is 2. The molecule has 1 aromatic carbocycles. The molecule has 1 fully saturated rings. The number of hydrogen-bond acceptors (Lipinski definition) is 2. The van der Waals surface area contributed by atoms with Crippen LogP contribution in [0.4, 0.5) is 4.39 Å². The summed E-state index contributed by atoms with van der Waals surface area (Å²) in [6.07, 6.45) is 4.28. The van der Waals surface area contributed by atoms with Gasteiger partial charge in [-0.3, -0.25) is 0 Å². The van der Waals surface area contributed by atoms with Crippen LogP contribution >= 0.6 is 0 Å². The quantitative estimate of drug-likeness (QED) is 0.842. The lowest BCUT2D eigenvalue weighted by atomic mass is 9.86. The Balaban J connectivity index is 1.99. The summed E-state index contributed by atoms with van der Waals surface area (Å²) in [6, 6.07) is 5.14. The smallest absolute Gasteiger partial charge is 0.125 e. The zero-order valence-corrected chi connectivity index (χ0v) is 10.6. The monoisotopic (exact) mass is 247 g/mol. The number of halogens is 1. The Morgan fingerprint density at radius 3 is 2.72 bits per heavy atom. The highest BCUT2D eigenvalue weighted by atomic mass is 19.1. The van der Waals surface area contributed by atoms with Gasteiger partial charge in [0.2, 0.25) is 0 Å². The molecule has 0 spiro atoms. The second kappa shape index (κ2) is 4.35. The third-order valence-corrected chi connectivity index (χ3v) is 4.01. The van der Waals surface area contributed by atoms with E-state index in [-0.39, 0.29) is 5.82 Å². The molecule has 1 aromatic heterocycles. The highest BCUT2D eigenvalue weighted by Crippen LogP contribution is 2.33. The van der Waals surface area contributed by atoms with Crippen LogP contribution in [0.1, 0.15) is 37.4 Å². The van der Waals surface area contributed by atoms with Crippen molar-refractivity contribution in [2.45, 2.75) is 37.6 Å². The average Bonchev–Trinajstić information content (AvgIpc) is 2.67. The van der Waals surface area contributed by atoms with Crippen LogP contribution in [0.3, 0.4) is 0 Å². The largest absolute Gasteiger partial charge is 0.331 e. The molecule has 3 nitrogen and oxygen atoms in total. The van der Waals surface area contributed by atoms with Gasteiger partial charge in [-0.25, -0.2) is 9.37 Å². The number of aryl methyl sites for hydroxylation is 1. The van der Waals surface area contributed by atoms with E-state index in [9.17, 15) is 4.39 Å². The molecule has 1 aliphatic rings. The van der Waals surface area contributed by atoms with Crippen molar-refractivity contribution in [3.05, 3.63) is 29.8 Å². The minimum Gasteiger partial charge on any atom is -0.331 e. The maximum absolute atomic E-state index is 13.2. The summed E-state index contributed by atoms with van der Waals surface area (Å²) in [4.78, 5) is 4.60. The van der Waals surface area contributed by atoms with Crippen LogP contribution in [0.25, 0.3) is 11.0 Å². The van der Waals surface area contributed by atoms with Gasteiger partial charge in [-0.05, 0) is 37.8 Å². The molecule has 1 heterocycles. The lowest BCUT2D eigenvalue weighted by molar-refractivity contribution is 0.380. The zero-order chi connectivity index (χ0) is 12.7. The van der Waals surface area contributed by atoms with Crippen molar-refractivity contribution in [3.63, 3.8) is 0 Å². The molecule has 2 N–H and O–H groups in total. The van der Waals surface area contributed by atoms with Crippen molar-refractivity contribution in [2.75, 3.05) is 0 Å². The Bertz CT molecular complexity index is 568. The van der Waals surface area contributed by atoms with Crippen molar-refractivity contribution in [1.29, 1.82) is 0 Å². The summed E-state index contributed by atoms with van der Waals surface area (Å²) >= 11 is 0. The van der Waals surface area contributed by atoms with Crippen LogP contribution in [0.2, 0.25) is 0 Å². The molecule has 96 valence electrons. The molecule has 1 saturated carbocycles. The number of rotatable bonds is 1. The summed E-state index contributed by atoms with van der Waals surface area (Å²) in [5.74, 6) is 1.31. The van der Waals surface area contributed by atoms with Crippen molar-refractivity contribution in [1.82, 2.24) is 9.55 Å². The second-order valence-electron chi connectivity index (χ2n) is 5.27. The van der Waals surface area contributed by atoms with Crippen molar-refractivity contribution < 1.29 is 4.39 Å². The minimum atomic E-state index is -0.224. The summed E-state index contributed by atoms with van der Waals surface area (Å²) in [6.45, 7) is 0. The predicted octanol–water partition coefficient (Wildman–Crippen LogP) is 2.70. The van der Waals surface area contributed by atoms with E-state index in [1.807, 2.05) is 7.05 Å². The van der Waals surface area contributed by atoms with Crippen molar-refractivity contribution in [3.8, 4) is 0 Å². The van der Waals surface area contributed by atoms with Gasteiger partial charge in [0.25, 0.3) is 0 Å². The molecule has 18 heavy (non-hydrogen) atoms. The fourth-order valence-electron chi connectivity index (χ4n) is 2.93. The van der Waals surface area contributed by atoms with E-state index >= 15 is 0 Å². The van der Waals surface area contributed by atoms with Gasteiger partial charge >= 0.3 is 0 Å². The van der Waals surface area contributed by atoms with E-state index in [1.165, 1.54) is 12.1 Å². The van der Waals surface area contributed by atoms with E-state index in [2.05, 4.69) is 9.55 Å². The molecule has 0 bridgehead atoms. The van der Waals surface area contributed by atoms with Gasteiger partial charge in [0, 0.05) is 25.1 Å². The first-order chi connectivity index (χ1) is 8.65. The summed E-state index contributed by atoms with van der Waals surface area (Å²) in [7, 11) is 2.01. The van der Waals surface area contributed by atoms with Crippen LogP contribution in [-0.4, -0.2) is 15.6 Å². The maximum Gasteiger partial charge on any atom is 0.125 e. The Morgan fingerprint density at radius 2 is 2.00 bits per heavy atom. The van der Waals surface area contributed by atoms with Crippen LogP contribution in [0.5, 0.6) is 0 Å². The molecule has 0 aliphatic heterocycles. The van der Waals surface area contributed by atoms with Gasteiger partial charge in [-0.15, -0.1) is 0 Å². The van der Waals surface area contributed by atoms with E-state index in [0.29, 0.717) is 12.0 Å². The molecule has 3 rings (SSSR count). The SMILES string of the molecule is Cn1c(C2CCC(N)CC2)nc2cc(F)ccc21. The van der Waals surface area contributed by atoms with Gasteiger partial charge < -0.3 is 10.3 Å². The van der Waals surface area contributed by atoms with Gasteiger partial charge in [0.15, 0.2) is 0 Å². The molecule has 2 aromatic rings. The first-order valence-electron chi connectivity index (χ1n) is 6.52. The third-order valence-electron chi connectivity index (χ3n) is 4.01. The van der Waals surface area contributed by atoms with Gasteiger partial charge in [0.05, 0.1) is 11.0 Å². The van der Waals surface area contributed by atoms with Crippen LogP contribution < -0.4 is 5.73 Å². The summed E-state index contributed by atoms with van der Waals surface area (Å²) < 4.78 is 15.3. The highest BCUT2D eigenvalue weighted by molar-refractivity contribution is 5.76. The average molecular weight is 247 g/mol. The first-order valence-corrected chi connectivity index (χ1v) is 6.52. The molecule has 4 heteroatoms. The normalized spacial score (nSPS) is 24.6. The van der Waals surface area contributed by atoms with Gasteiger partial charge in [-0.2, -0.15) is 0 Å². The lowest BCUT2D eigenvalue weighted by Gasteiger charge is -2.25. The van der Waals surface area contributed by atoms with Crippen molar-refractivity contribution >= 4 is 11.0 Å². The van der Waals surface area contributed by atoms with E-state index in [0.717, 1.165) is 42.5 Å². The molecule has 0 saturated heterocycles. The predicted molar refractivity (Wildman–Crippen MR) is 69.9 cm³/mol. The van der Waals surface area contributed by atoms with Crippen molar-refractivity contribution in [2.24, 2.45) is 12.8 Å². The number of nitrogens with zero attached hydrogens (tertiary/aromatic N) is 2. The molecule has 1 aliphatic carbocycles. The zero-order valence-electron chi connectivity index (χ0n) is 10.6. The number of hydrogen-bond donors (Lipinski definition) is 1. The van der Waals surface area contributed by atoms with Gasteiger partial charge in [0.1, 0.15) is 11.6 Å². The van der Waals surface area contributed by atoms with Gasteiger partial charge in [-0.1, -0.05) is 0 Å². The Hall–Kier alpha value is -1.42. The molecule has 0 unspecified atom stereocenters. The molecule has 0 amide bonds. The number of fused-ring (bicyclic) bond motifs is 1. The van der Waals surface area contributed by atoms with Crippen LogP contribution in [0.15, 0.2) is 18.2 Å². The summed E-state index contributed by atoms with van der Waals surface area (Å²) in [5.41, 5.74) is 7.68. The third kappa shape index (κ3) is 1.90. The van der Waals surface area contributed by atoms with E-state index in [1.54, 1.807) is 6.07 Å². The second-order valence-corrected chi connectivity index (χ2v) is 5.27. The molecule has 0 radical (unpaired) electrons. The first kappa shape index (κ1) is 11.7. The highest BCUT2D eigenvalue weighted by Gasteiger charge is 2.24. The molecule has 0 atom stereocenters. The summed E-state index contributed by atoms with van der Waals surface area (Å²) in [5, 5.41) is 0. The maximum atomic E-state index is 13.2. The number of imidazole rings is 1. The fraction of sp³-hybridized carbons (Fsp3) is 0.500. The molecular weight excluding hydrogens is 229 g/mol. The lowest BCUT2D eigenvalue weighted by Crippen LogP contribution is -2.26. The van der Waals surface area contributed by atoms with E-state index < -0.39 is 0 Å². The van der Waals surface area contributed by atoms with Crippen LogP contribution in [-0.2, 0) is 7.05 Å². The molecular formula is C14H18FN3. The number of benzene rings is 1. The van der Waals surface area contributed by atoms with Crippen LogP contribution in [0, 0.1) is 5.82 Å². The fourth-order valence-corrected chi connectivity index (χ4v) is 2.93. The standard InChI is InChI=1S/C14H18FN3/c1-18-13-7-4-10(15)8-12(13)17-14(18)9-2-5-11(16)6-3-9/h4,7-9,11H,2-3,5-6,16H2,1H3. The Labute approximate surface area is 106 Å². The topological polar surface area (TPSA) is 43.8 Å². The minimum absolute atomic E-state index is 0.224. The Kier molecular flexibility index (Phi) is 2.82. The van der Waals surface area contributed by atoms with E-state index in [4.69, 9.17) is 5.73 Å². The number of nitrogens with two attached hydrogens (primary N) is 1.